The summed E-state index contributed by atoms with van der Waals surface area (Å²) in [5, 5.41) is 13.9. The van der Waals surface area contributed by atoms with Crippen LogP contribution in [0.2, 0.25) is 0 Å². The predicted molar refractivity (Wildman–Crippen MR) is 290 cm³/mol. The number of nitrogens with one attached hydrogen (secondary N) is 1. The van der Waals surface area contributed by atoms with Gasteiger partial charge < -0.3 is 19.8 Å². The molecule has 3 unspecified atom stereocenters. The van der Waals surface area contributed by atoms with E-state index in [2.05, 4.69) is 67.8 Å². The quantitative estimate of drug-likeness (QED) is 0.0243. The van der Waals surface area contributed by atoms with E-state index in [1.807, 2.05) is 27.2 Å². The number of aliphatic hydroxyl groups is 1. The largest absolute Gasteiger partial charge is 0.472 e. The molecule has 0 saturated heterocycles. The van der Waals surface area contributed by atoms with Crippen molar-refractivity contribution in [2.75, 3.05) is 40.9 Å². The van der Waals surface area contributed by atoms with Gasteiger partial charge in [0.05, 0.1) is 39.9 Å². The van der Waals surface area contributed by atoms with Crippen molar-refractivity contribution in [1.82, 2.24) is 5.32 Å². The second-order valence-electron chi connectivity index (χ2n) is 20.3. The van der Waals surface area contributed by atoms with Gasteiger partial charge in [0.15, 0.2) is 0 Å². The van der Waals surface area contributed by atoms with Gasteiger partial charge in [0, 0.05) is 6.42 Å². The molecule has 0 saturated carbocycles. The van der Waals surface area contributed by atoms with E-state index in [1.165, 1.54) is 154 Å². The molecule has 0 aliphatic rings. The number of amides is 1. The molecule has 67 heavy (non-hydrogen) atoms. The number of phosphoric ester groups is 1. The summed E-state index contributed by atoms with van der Waals surface area (Å²) in [6.45, 7) is 4.72. The van der Waals surface area contributed by atoms with Crippen molar-refractivity contribution in [3.05, 3.63) is 60.8 Å². The summed E-state index contributed by atoms with van der Waals surface area (Å²) in [5.41, 5.74) is 0. The summed E-state index contributed by atoms with van der Waals surface area (Å²) in [4.78, 5) is 23.2. The van der Waals surface area contributed by atoms with Crippen LogP contribution in [0.3, 0.4) is 0 Å². The van der Waals surface area contributed by atoms with Crippen LogP contribution >= 0.6 is 7.82 Å². The number of hydrogen-bond donors (Lipinski definition) is 3. The molecule has 0 heterocycles. The van der Waals surface area contributed by atoms with Crippen LogP contribution in [0, 0.1) is 0 Å². The van der Waals surface area contributed by atoms with Crippen LogP contribution in [0.25, 0.3) is 0 Å². The van der Waals surface area contributed by atoms with Crippen LogP contribution in [0.5, 0.6) is 0 Å². The third-order valence-electron chi connectivity index (χ3n) is 12.4. The molecule has 0 aliphatic heterocycles. The van der Waals surface area contributed by atoms with Crippen molar-refractivity contribution in [3.63, 3.8) is 0 Å². The lowest BCUT2D eigenvalue weighted by Gasteiger charge is -2.25. The number of allylic oxidation sites excluding steroid dienone is 9. The summed E-state index contributed by atoms with van der Waals surface area (Å²) in [6.07, 6.45) is 66.4. The normalized spacial score (nSPS) is 14.4. The molecular formula is C58H110N2O6P+. The number of aliphatic hydroxyl groups excluding tert-OH is 1. The Morgan fingerprint density at radius 1 is 0.507 bits per heavy atom. The Balaban J connectivity index is 4.17. The van der Waals surface area contributed by atoms with E-state index in [0.29, 0.717) is 17.4 Å². The highest BCUT2D eigenvalue weighted by Crippen LogP contribution is 2.43. The molecule has 0 aromatic rings. The monoisotopic (exact) mass is 962 g/mol. The highest BCUT2D eigenvalue weighted by Gasteiger charge is 2.27. The lowest BCUT2D eigenvalue weighted by Crippen LogP contribution is -2.45. The van der Waals surface area contributed by atoms with Gasteiger partial charge in [-0.2, -0.15) is 0 Å². The zero-order chi connectivity index (χ0) is 49.2. The van der Waals surface area contributed by atoms with Crippen LogP contribution in [0.15, 0.2) is 60.8 Å². The van der Waals surface area contributed by atoms with Gasteiger partial charge in [0.25, 0.3) is 0 Å². The fraction of sp³-hybridized carbons (Fsp3) is 0.810. The minimum absolute atomic E-state index is 0.0486. The van der Waals surface area contributed by atoms with Gasteiger partial charge >= 0.3 is 7.82 Å². The first kappa shape index (κ1) is 65.2. The molecule has 3 N–H and O–H groups in total. The smallest absolute Gasteiger partial charge is 0.387 e. The molecule has 392 valence electrons. The van der Waals surface area contributed by atoms with Crippen molar-refractivity contribution >= 4 is 13.7 Å². The maximum absolute atomic E-state index is 12.9. The number of hydrogen-bond acceptors (Lipinski definition) is 5. The molecule has 1 amide bonds. The summed E-state index contributed by atoms with van der Waals surface area (Å²) >= 11 is 0. The Labute approximate surface area is 415 Å². The molecule has 0 rings (SSSR count). The molecule has 0 fully saturated rings. The number of carbonyl (C=O) groups is 1. The Kier molecular flexibility index (Phi) is 47.9. The molecule has 9 heteroatoms. The third kappa shape index (κ3) is 51.9. The molecule has 0 radical (unpaired) electrons. The zero-order valence-corrected chi connectivity index (χ0v) is 45.5. The zero-order valence-electron chi connectivity index (χ0n) is 44.6. The predicted octanol–water partition coefficient (Wildman–Crippen LogP) is 16.9. The summed E-state index contributed by atoms with van der Waals surface area (Å²) < 4.78 is 23.6. The number of quaternary nitrogens is 1. The highest BCUT2D eigenvalue weighted by molar-refractivity contribution is 7.47. The second kappa shape index (κ2) is 49.2. The van der Waals surface area contributed by atoms with E-state index in [0.717, 1.165) is 77.0 Å². The van der Waals surface area contributed by atoms with Crippen LogP contribution in [-0.2, 0) is 18.4 Å². The molecule has 0 aliphatic carbocycles. The van der Waals surface area contributed by atoms with Gasteiger partial charge in [-0.05, 0) is 70.6 Å². The molecule has 0 aromatic heterocycles. The van der Waals surface area contributed by atoms with Crippen LogP contribution in [-0.4, -0.2) is 73.4 Å². The lowest BCUT2D eigenvalue weighted by molar-refractivity contribution is -0.870. The number of unbranched alkanes of at least 4 members (excludes halogenated alkanes) is 30. The van der Waals surface area contributed by atoms with Crippen molar-refractivity contribution in [2.45, 2.75) is 264 Å². The van der Waals surface area contributed by atoms with E-state index < -0.39 is 20.0 Å². The Hall–Kier alpha value is -1.80. The first-order valence-electron chi connectivity index (χ1n) is 28.2. The maximum atomic E-state index is 12.9. The number of likely N-dealkylation sites (N-methyl/N-ethyl adjacent to an activating group) is 1. The first-order chi connectivity index (χ1) is 32.5. The van der Waals surface area contributed by atoms with Crippen molar-refractivity contribution in [1.29, 1.82) is 0 Å². The molecule has 0 bridgehead atoms. The Morgan fingerprint density at radius 2 is 0.896 bits per heavy atom. The first-order valence-corrected chi connectivity index (χ1v) is 29.7. The SMILES string of the molecule is CCC/C=C\C/C=C\CCCCCCCC(=O)NC(COP(=O)(O)OCC[N+](C)(C)C)C(O)/C=C/CC/C=C/CC/C=C/CCCCCCCCCCCCCCCCCCCCCCCC. The summed E-state index contributed by atoms with van der Waals surface area (Å²) in [7, 11) is 1.53. The van der Waals surface area contributed by atoms with E-state index in [1.54, 1.807) is 6.08 Å². The van der Waals surface area contributed by atoms with Crippen molar-refractivity contribution < 1.29 is 32.9 Å². The fourth-order valence-corrected chi connectivity index (χ4v) is 8.73. The molecular weight excluding hydrogens is 852 g/mol. The number of carbonyl (C=O) groups excluding carboxylic acids is 1. The van der Waals surface area contributed by atoms with Crippen molar-refractivity contribution in [3.8, 4) is 0 Å². The van der Waals surface area contributed by atoms with Gasteiger partial charge in [-0.15, -0.1) is 0 Å². The summed E-state index contributed by atoms with van der Waals surface area (Å²) in [6, 6.07) is -0.879. The van der Waals surface area contributed by atoms with Gasteiger partial charge in [0.2, 0.25) is 5.91 Å². The third-order valence-corrected chi connectivity index (χ3v) is 13.4. The van der Waals surface area contributed by atoms with E-state index in [4.69, 9.17) is 9.05 Å². The van der Waals surface area contributed by atoms with Crippen LogP contribution < -0.4 is 5.32 Å². The standard InChI is InChI=1S/C58H109N2O6P/c1-6-8-10-12-14-16-18-20-21-22-23-24-25-26-27-28-29-30-31-32-33-34-35-36-37-38-40-41-43-45-47-49-51-57(61)56(55-66-67(63,64)65-54-53-60(3,4)5)59-58(62)52-50-48-46-44-42-39-19-17-15-13-11-9-7-2/h11,13,17,19,36-37,41,43,49,51,56-57,61H,6-10,12,14-16,18,20-35,38-40,42,44-48,50,52-55H2,1-5H3,(H-,59,62,63,64)/p+1/b13-11-,19-17-,37-36+,43-41+,51-49+. The van der Waals surface area contributed by atoms with Crippen LogP contribution in [0.1, 0.15) is 251 Å². The number of rotatable bonds is 51. The maximum Gasteiger partial charge on any atom is 0.472 e. The van der Waals surface area contributed by atoms with Gasteiger partial charge in [0.1, 0.15) is 13.2 Å². The average Bonchev–Trinajstić information content (AvgIpc) is 3.29. The van der Waals surface area contributed by atoms with Crippen LogP contribution in [0.4, 0.5) is 0 Å². The molecule has 0 aromatic carbocycles. The minimum Gasteiger partial charge on any atom is -0.387 e. The molecule has 8 nitrogen and oxygen atoms in total. The topological polar surface area (TPSA) is 105 Å². The average molecular weight is 962 g/mol. The number of nitrogens with zero attached hydrogens (tertiary/aromatic N) is 1. The minimum atomic E-state index is -4.36. The summed E-state index contributed by atoms with van der Waals surface area (Å²) in [5.74, 6) is -0.207. The van der Waals surface area contributed by atoms with E-state index in [-0.39, 0.29) is 19.1 Å². The van der Waals surface area contributed by atoms with Crippen molar-refractivity contribution in [2.24, 2.45) is 0 Å². The molecule has 3 atom stereocenters. The van der Waals surface area contributed by atoms with Gasteiger partial charge in [-0.3, -0.25) is 13.8 Å². The van der Waals surface area contributed by atoms with E-state index in [9.17, 15) is 19.4 Å². The highest BCUT2D eigenvalue weighted by atomic mass is 31.2. The lowest BCUT2D eigenvalue weighted by atomic mass is 10.0. The van der Waals surface area contributed by atoms with Gasteiger partial charge in [-0.1, -0.05) is 235 Å². The van der Waals surface area contributed by atoms with Gasteiger partial charge in [-0.25, -0.2) is 4.57 Å². The Morgan fingerprint density at radius 3 is 1.34 bits per heavy atom. The van der Waals surface area contributed by atoms with E-state index >= 15 is 0 Å². The second-order valence-corrected chi connectivity index (χ2v) is 21.7. The Bertz CT molecular complexity index is 1270. The molecule has 0 spiro atoms. The number of phosphoric acid groups is 1. The fourth-order valence-electron chi connectivity index (χ4n) is 7.99.